The van der Waals surface area contributed by atoms with Gasteiger partial charge in [0.1, 0.15) is 17.8 Å². The summed E-state index contributed by atoms with van der Waals surface area (Å²) in [5.41, 5.74) is 5.07. The lowest BCUT2D eigenvalue weighted by atomic mass is 10.0. The fourth-order valence-electron chi connectivity index (χ4n) is 3.88. The number of aryl methyl sites for hydroxylation is 2. The van der Waals surface area contributed by atoms with E-state index in [1.54, 1.807) is 34.9 Å². The number of aromatic nitrogens is 6. The van der Waals surface area contributed by atoms with Gasteiger partial charge in [0.2, 0.25) is 0 Å². The van der Waals surface area contributed by atoms with Crippen molar-refractivity contribution in [2.45, 2.75) is 13.5 Å². The monoisotopic (exact) mass is 453 g/mol. The Bertz CT molecular complexity index is 1490. The van der Waals surface area contributed by atoms with Crippen LogP contribution in [0.3, 0.4) is 0 Å². The minimum Gasteiger partial charge on any atom is -0.494 e. The molecule has 3 aromatic heterocycles. The second-order valence-electron chi connectivity index (χ2n) is 7.76. The summed E-state index contributed by atoms with van der Waals surface area (Å²) in [6.45, 7) is 2.65. The van der Waals surface area contributed by atoms with Crippen LogP contribution >= 0.6 is 0 Å². The quantitative estimate of drug-likeness (QED) is 0.414. The van der Waals surface area contributed by atoms with E-state index in [4.69, 9.17) is 4.74 Å². The van der Waals surface area contributed by atoms with Gasteiger partial charge in [-0.15, -0.1) is 0 Å². The fourth-order valence-corrected chi connectivity index (χ4v) is 3.88. The smallest absolute Gasteiger partial charge is 0.258 e. The first-order valence-electron chi connectivity index (χ1n) is 10.8. The molecule has 0 aliphatic heterocycles. The Hall–Kier alpha value is -4.53. The van der Waals surface area contributed by atoms with Crippen LogP contribution < -0.4 is 10.1 Å². The number of fused-ring (bicyclic) bond motifs is 1. The van der Waals surface area contributed by atoms with E-state index in [0.717, 1.165) is 22.2 Å². The third-order valence-electron chi connectivity index (χ3n) is 5.56. The molecule has 0 aliphatic carbocycles. The summed E-state index contributed by atoms with van der Waals surface area (Å²) in [5, 5.41) is 12.6. The zero-order valence-electron chi connectivity index (χ0n) is 19.1. The minimum absolute atomic E-state index is 0.276. The summed E-state index contributed by atoms with van der Waals surface area (Å²) in [6.07, 6.45) is 6.71. The maximum Gasteiger partial charge on any atom is 0.258 e. The summed E-state index contributed by atoms with van der Waals surface area (Å²) in [7, 11) is 3.44. The molecular weight excluding hydrogens is 430 g/mol. The van der Waals surface area contributed by atoms with Gasteiger partial charge in [-0.05, 0) is 13.0 Å². The van der Waals surface area contributed by atoms with Gasteiger partial charge in [-0.2, -0.15) is 10.2 Å². The molecule has 0 radical (unpaired) electrons. The Balaban J connectivity index is 1.62. The number of nitrogens with zero attached hydrogens (tertiary/aromatic N) is 6. The van der Waals surface area contributed by atoms with E-state index in [2.05, 4.69) is 25.5 Å². The predicted molar refractivity (Wildman–Crippen MR) is 130 cm³/mol. The van der Waals surface area contributed by atoms with Crippen LogP contribution in [0, 0.1) is 0 Å². The lowest BCUT2D eigenvalue weighted by Gasteiger charge is -2.13. The number of ether oxygens (including phenoxy) is 1. The molecular formula is C25H23N7O2. The standard InChI is InChI=1S/C25H23N7O2/c1-4-32-13-17(12-28-32)25(33)29-21-10-18-20(11-22(21)34-3)26-15-27-24(18)19-14-31(2)30-23(19)16-8-6-5-7-9-16/h5-15H,4H2,1-3H3,(H,29,33). The van der Waals surface area contributed by atoms with Crippen LogP contribution in [-0.2, 0) is 13.6 Å². The summed E-state index contributed by atoms with van der Waals surface area (Å²) in [5.74, 6) is 0.227. The first-order chi connectivity index (χ1) is 16.6. The van der Waals surface area contributed by atoms with Crippen LogP contribution in [-0.4, -0.2) is 42.5 Å². The molecule has 9 heteroatoms. The van der Waals surface area contributed by atoms with Crippen molar-refractivity contribution in [2.75, 3.05) is 12.4 Å². The highest BCUT2D eigenvalue weighted by molar-refractivity contribution is 6.07. The van der Waals surface area contributed by atoms with Crippen LogP contribution in [0.2, 0.25) is 0 Å². The van der Waals surface area contributed by atoms with Gasteiger partial charge in [0.05, 0.1) is 35.8 Å². The van der Waals surface area contributed by atoms with Crippen LogP contribution in [0.15, 0.2) is 67.4 Å². The Labute approximate surface area is 196 Å². The molecule has 0 spiro atoms. The summed E-state index contributed by atoms with van der Waals surface area (Å²) in [6, 6.07) is 13.6. The second kappa shape index (κ2) is 8.78. The van der Waals surface area contributed by atoms with Gasteiger partial charge in [-0.25, -0.2) is 9.97 Å². The molecule has 5 rings (SSSR count). The molecule has 0 bridgehead atoms. The minimum atomic E-state index is -0.276. The number of rotatable bonds is 6. The average Bonchev–Trinajstić information content (AvgIpc) is 3.50. The van der Waals surface area contributed by atoms with E-state index in [1.165, 1.54) is 6.33 Å². The van der Waals surface area contributed by atoms with E-state index in [1.807, 2.05) is 56.6 Å². The molecule has 2 aromatic carbocycles. The highest BCUT2D eigenvalue weighted by Gasteiger charge is 2.19. The van der Waals surface area contributed by atoms with Gasteiger partial charge >= 0.3 is 0 Å². The zero-order valence-corrected chi connectivity index (χ0v) is 19.1. The van der Waals surface area contributed by atoms with E-state index >= 15 is 0 Å². The maximum atomic E-state index is 12.9. The van der Waals surface area contributed by atoms with Gasteiger partial charge in [-0.1, -0.05) is 30.3 Å². The number of hydrogen-bond acceptors (Lipinski definition) is 6. The molecule has 0 atom stereocenters. The van der Waals surface area contributed by atoms with Crippen molar-refractivity contribution in [1.29, 1.82) is 0 Å². The van der Waals surface area contributed by atoms with Gasteiger partial charge in [0, 0.05) is 48.6 Å². The normalized spacial score (nSPS) is 11.0. The number of anilines is 1. The molecule has 0 saturated heterocycles. The third-order valence-corrected chi connectivity index (χ3v) is 5.56. The molecule has 0 aliphatic rings. The lowest BCUT2D eigenvalue weighted by molar-refractivity contribution is 0.102. The molecule has 34 heavy (non-hydrogen) atoms. The van der Waals surface area contributed by atoms with Gasteiger partial charge in [0.15, 0.2) is 0 Å². The molecule has 170 valence electrons. The highest BCUT2D eigenvalue weighted by atomic mass is 16.5. The van der Waals surface area contributed by atoms with Gasteiger partial charge in [-0.3, -0.25) is 14.2 Å². The molecule has 5 aromatic rings. The van der Waals surface area contributed by atoms with Crippen molar-refractivity contribution in [3.05, 3.63) is 72.9 Å². The topological polar surface area (TPSA) is 99.8 Å². The number of hydrogen-bond donors (Lipinski definition) is 1. The second-order valence-corrected chi connectivity index (χ2v) is 7.76. The van der Waals surface area contributed by atoms with Crippen LogP contribution in [0.4, 0.5) is 5.69 Å². The average molecular weight is 454 g/mol. The Morgan fingerprint density at radius 2 is 1.91 bits per heavy atom. The summed E-state index contributed by atoms with van der Waals surface area (Å²) < 4.78 is 9.01. The third kappa shape index (κ3) is 3.88. The molecule has 1 N–H and O–H groups in total. The van der Waals surface area contributed by atoms with Crippen molar-refractivity contribution in [1.82, 2.24) is 29.5 Å². The van der Waals surface area contributed by atoms with Crippen LogP contribution in [0.25, 0.3) is 33.4 Å². The van der Waals surface area contributed by atoms with Gasteiger partial charge in [0.25, 0.3) is 5.91 Å². The highest BCUT2D eigenvalue weighted by Crippen LogP contribution is 2.37. The number of carbonyl (C=O) groups excluding carboxylic acids is 1. The first-order valence-corrected chi connectivity index (χ1v) is 10.8. The number of carbonyl (C=O) groups is 1. The zero-order chi connectivity index (χ0) is 23.7. The largest absolute Gasteiger partial charge is 0.494 e. The van der Waals surface area contributed by atoms with Crippen molar-refractivity contribution >= 4 is 22.5 Å². The Kier molecular flexibility index (Phi) is 5.51. The predicted octanol–water partition coefficient (Wildman–Crippen LogP) is 4.17. The van der Waals surface area contributed by atoms with Crippen LogP contribution in [0.5, 0.6) is 5.75 Å². The molecule has 0 fully saturated rings. The van der Waals surface area contributed by atoms with Crippen molar-refractivity contribution in [2.24, 2.45) is 7.05 Å². The summed E-state index contributed by atoms with van der Waals surface area (Å²) >= 11 is 0. The fraction of sp³-hybridized carbons (Fsp3) is 0.160. The van der Waals surface area contributed by atoms with Crippen molar-refractivity contribution in [3.63, 3.8) is 0 Å². The molecule has 9 nitrogen and oxygen atoms in total. The number of benzene rings is 2. The molecule has 0 unspecified atom stereocenters. The van der Waals surface area contributed by atoms with E-state index in [-0.39, 0.29) is 5.91 Å². The number of methoxy groups -OCH3 is 1. The van der Waals surface area contributed by atoms with Crippen LogP contribution in [0.1, 0.15) is 17.3 Å². The van der Waals surface area contributed by atoms with Crippen molar-refractivity contribution in [3.8, 4) is 28.3 Å². The molecule has 3 heterocycles. The maximum absolute atomic E-state index is 12.9. The Morgan fingerprint density at radius 1 is 1.09 bits per heavy atom. The first kappa shape index (κ1) is 21.3. The van der Waals surface area contributed by atoms with E-state index < -0.39 is 0 Å². The molecule has 0 saturated carbocycles. The lowest BCUT2D eigenvalue weighted by Crippen LogP contribution is -2.12. The summed E-state index contributed by atoms with van der Waals surface area (Å²) in [4.78, 5) is 21.9. The SMILES string of the molecule is CCn1cc(C(=O)Nc2cc3c(-c4cn(C)nc4-c4ccccc4)ncnc3cc2OC)cn1. The number of nitrogens with one attached hydrogen (secondary N) is 1. The van der Waals surface area contributed by atoms with E-state index in [0.29, 0.717) is 34.8 Å². The number of amides is 1. The van der Waals surface area contributed by atoms with Gasteiger partial charge < -0.3 is 10.1 Å². The Morgan fingerprint density at radius 3 is 2.65 bits per heavy atom. The van der Waals surface area contributed by atoms with Crippen molar-refractivity contribution < 1.29 is 9.53 Å². The van der Waals surface area contributed by atoms with E-state index in [9.17, 15) is 4.79 Å². The molecule has 1 amide bonds.